The van der Waals surface area contributed by atoms with Gasteiger partial charge in [0.25, 0.3) is 0 Å². The van der Waals surface area contributed by atoms with Gasteiger partial charge >= 0.3 is 18.0 Å². The van der Waals surface area contributed by atoms with Crippen molar-refractivity contribution in [1.82, 2.24) is 10.6 Å². The number of hydrogen-bond donors (Lipinski definition) is 4. The number of nitrogens with one attached hydrogen (secondary N) is 3. The summed E-state index contributed by atoms with van der Waals surface area (Å²) in [5, 5.41) is 8.17. The van der Waals surface area contributed by atoms with E-state index in [0.717, 1.165) is 27.9 Å². The minimum absolute atomic E-state index is 0.227. The SMILES string of the molecule is CC(C)(C)OC(=O)CNC(=O)Nc1ccccc1-c1ccc(CN2C(=O)[C@H](NC(=O)C(N)C(C)(C)C(=O)OC(C)(C)C)CCc3ccccc32)cc1. The molecule has 0 saturated carbocycles. The van der Waals surface area contributed by atoms with Crippen molar-refractivity contribution in [3.63, 3.8) is 0 Å². The summed E-state index contributed by atoms with van der Waals surface area (Å²) in [7, 11) is 0. The molecule has 3 aromatic rings. The number of benzene rings is 3. The predicted molar refractivity (Wildman–Crippen MR) is 200 cm³/mol. The number of amides is 4. The van der Waals surface area contributed by atoms with Gasteiger partial charge in [0.1, 0.15) is 23.8 Å². The number of anilines is 2. The average Bonchev–Trinajstić information content (AvgIpc) is 3.18. The first-order valence-electron chi connectivity index (χ1n) is 17.4. The van der Waals surface area contributed by atoms with Crippen molar-refractivity contribution in [2.75, 3.05) is 16.8 Å². The highest BCUT2D eigenvalue weighted by Gasteiger charge is 2.43. The molecule has 3 aromatic carbocycles. The Morgan fingerprint density at radius 2 is 1.46 bits per heavy atom. The molecule has 4 amide bonds. The summed E-state index contributed by atoms with van der Waals surface area (Å²) in [6, 6.07) is 19.9. The third-order valence-electron chi connectivity index (χ3n) is 8.44. The highest BCUT2D eigenvalue weighted by molar-refractivity contribution is 6.01. The van der Waals surface area contributed by atoms with Crippen molar-refractivity contribution in [2.45, 2.75) is 98.1 Å². The number of carbonyl (C=O) groups excluding carboxylic acids is 5. The molecular weight excluding hydrogens is 662 g/mol. The second-order valence-electron chi connectivity index (χ2n) is 15.5. The standard InChI is InChI=1S/C40H51N5O7/c1-38(2,3)51-32(46)23-42-37(50)44-29-15-11-10-14-28(29)26-19-17-25(18-20-26)24-45-31-16-12-9-13-27(31)21-22-30(35(45)48)43-34(47)33(41)40(7,8)36(49)52-39(4,5)6/h9-20,30,33H,21-24,41H2,1-8H3,(H,43,47)(H2,42,44,50)/t30-,33?/m1/s1. The number of nitrogens with zero attached hydrogens (tertiary/aromatic N) is 1. The van der Waals surface area contributed by atoms with Crippen LogP contribution in [0.5, 0.6) is 0 Å². The van der Waals surface area contributed by atoms with Gasteiger partial charge in [-0.15, -0.1) is 0 Å². The van der Waals surface area contributed by atoms with Crippen LogP contribution < -0.4 is 26.6 Å². The first kappa shape index (κ1) is 39.6. The van der Waals surface area contributed by atoms with Crippen molar-refractivity contribution in [2.24, 2.45) is 11.1 Å². The van der Waals surface area contributed by atoms with E-state index >= 15 is 0 Å². The van der Waals surface area contributed by atoms with Crippen LogP contribution in [0, 0.1) is 5.41 Å². The Morgan fingerprint density at radius 3 is 2.12 bits per heavy atom. The number of aryl methyl sites for hydroxylation is 1. The molecule has 2 atom stereocenters. The molecule has 0 spiro atoms. The normalized spacial score (nSPS) is 15.4. The van der Waals surface area contributed by atoms with Crippen LogP contribution in [0.1, 0.15) is 72.9 Å². The number of hydrogen-bond acceptors (Lipinski definition) is 8. The summed E-state index contributed by atoms with van der Waals surface area (Å²) in [5.74, 6) is -2.06. The van der Waals surface area contributed by atoms with Gasteiger partial charge in [-0.3, -0.25) is 19.2 Å². The monoisotopic (exact) mass is 713 g/mol. The van der Waals surface area contributed by atoms with Crippen LogP contribution in [0.3, 0.4) is 0 Å². The lowest BCUT2D eigenvalue weighted by molar-refractivity contribution is -0.168. The first-order chi connectivity index (χ1) is 24.2. The number of urea groups is 1. The molecular formula is C40H51N5O7. The van der Waals surface area contributed by atoms with Crippen LogP contribution in [0.4, 0.5) is 16.2 Å². The number of esters is 2. The van der Waals surface area contributed by atoms with Crippen molar-refractivity contribution in [1.29, 1.82) is 0 Å². The molecule has 0 bridgehead atoms. The quantitative estimate of drug-likeness (QED) is 0.201. The fraction of sp³-hybridized carbons (Fsp3) is 0.425. The number of nitrogens with two attached hydrogens (primary N) is 1. The van der Waals surface area contributed by atoms with Gasteiger partial charge in [-0.1, -0.05) is 60.7 Å². The smallest absolute Gasteiger partial charge is 0.325 e. The van der Waals surface area contributed by atoms with E-state index in [2.05, 4.69) is 16.0 Å². The summed E-state index contributed by atoms with van der Waals surface area (Å²) < 4.78 is 10.8. The Labute approximate surface area is 305 Å². The van der Waals surface area contributed by atoms with Gasteiger partial charge in [0.05, 0.1) is 23.7 Å². The predicted octanol–water partition coefficient (Wildman–Crippen LogP) is 5.48. The highest BCUT2D eigenvalue weighted by Crippen LogP contribution is 2.32. The maximum Gasteiger partial charge on any atom is 0.325 e. The minimum Gasteiger partial charge on any atom is -0.460 e. The Bertz CT molecular complexity index is 1790. The Kier molecular flexibility index (Phi) is 12.2. The van der Waals surface area contributed by atoms with E-state index in [-0.39, 0.29) is 19.0 Å². The molecule has 1 heterocycles. The second-order valence-corrected chi connectivity index (χ2v) is 15.5. The lowest BCUT2D eigenvalue weighted by atomic mass is 9.84. The van der Waals surface area contributed by atoms with Gasteiger partial charge in [-0.2, -0.15) is 0 Å². The number of ether oxygens (including phenoxy) is 2. The molecule has 1 unspecified atom stereocenters. The van der Waals surface area contributed by atoms with E-state index in [1.807, 2.05) is 60.7 Å². The molecule has 52 heavy (non-hydrogen) atoms. The zero-order valence-corrected chi connectivity index (χ0v) is 31.3. The van der Waals surface area contributed by atoms with Gasteiger partial charge < -0.3 is 36.1 Å². The van der Waals surface area contributed by atoms with Crippen LogP contribution in [-0.4, -0.2) is 59.6 Å². The molecule has 0 fully saturated rings. The van der Waals surface area contributed by atoms with Gasteiger partial charge in [0, 0.05) is 11.3 Å². The summed E-state index contributed by atoms with van der Waals surface area (Å²) >= 11 is 0. The van der Waals surface area contributed by atoms with E-state index in [9.17, 15) is 24.0 Å². The number of fused-ring (bicyclic) bond motifs is 1. The van der Waals surface area contributed by atoms with Crippen molar-refractivity contribution >= 4 is 41.2 Å². The maximum absolute atomic E-state index is 14.1. The van der Waals surface area contributed by atoms with Crippen LogP contribution in [0.25, 0.3) is 11.1 Å². The number of rotatable bonds is 10. The molecule has 4 rings (SSSR count). The van der Waals surface area contributed by atoms with Gasteiger partial charge in [-0.05, 0) is 97.1 Å². The molecule has 0 radical (unpaired) electrons. The molecule has 278 valence electrons. The second kappa shape index (κ2) is 16.0. The molecule has 12 heteroatoms. The van der Waals surface area contributed by atoms with E-state index in [4.69, 9.17) is 15.2 Å². The van der Waals surface area contributed by atoms with Crippen LogP contribution >= 0.6 is 0 Å². The largest absolute Gasteiger partial charge is 0.460 e. The van der Waals surface area contributed by atoms with Gasteiger partial charge in [0.15, 0.2) is 0 Å². The fourth-order valence-corrected chi connectivity index (χ4v) is 5.65. The van der Waals surface area contributed by atoms with E-state index in [1.54, 1.807) is 72.4 Å². The van der Waals surface area contributed by atoms with Crippen LogP contribution in [-0.2, 0) is 41.6 Å². The lowest BCUT2D eigenvalue weighted by Gasteiger charge is -2.33. The Balaban J connectivity index is 1.49. The number of para-hydroxylation sites is 2. The van der Waals surface area contributed by atoms with Crippen molar-refractivity contribution in [3.8, 4) is 11.1 Å². The minimum atomic E-state index is -1.34. The Hall–Kier alpha value is -5.23. The van der Waals surface area contributed by atoms with E-state index in [1.165, 1.54) is 0 Å². The molecule has 0 saturated heterocycles. The first-order valence-corrected chi connectivity index (χ1v) is 17.4. The van der Waals surface area contributed by atoms with Crippen molar-refractivity contribution < 1.29 is 33.4 Å². The van der Waals surface area contributed by atoms with Crippen molar-refractivity contribution in [3.05, 3.63) is 83.9 Å². The molecule has 5 N–H and O–H groups in total. The molecule has 1 aliphatic rings. The zero-order chi connectivity index (χ0) is 38.4. The van der Waals surface area contributed by atoms with Gasteiger partial charge in [-0.25, -0.2) is 4.79 Å². The van der Waals surface area contributed by atoms with Gasteiger partial charge in [0.2, 0.25) is 11.8 Å². The third-order valence-corrected chi connectivity index (χ3v) is 8.44. The fourth-order valence-electron chi connectivity index (χ4n) is 5.65. The molecule has 0 aliphatic carbocycles. The highest BCUT2D eigenvalue weighted by atomic mass is 16.6. The molecule has 0 aromatic heterocycles. The zero-order valence-electron chi connectivity index (χ0n) is 31.3. The topological polar surface area (TPSA) is 169 Å². The summed E-state index contributed by atoms with van der Waals surface area (Å²) in [4.78, 5) is 66.8. The average molecular weight is 714 g/mol. The number of carbonyl (C=O) groups is 5. The van der Waals surface area contributed by atoms with Crippen LogP contribution in [0.15, 0.2) is 72.8 Å². The summed E-state index contributed by atoms with van der Waals surface area (Å²) in [5.41, 5.74) is 8.23. The van der Waals surface area contributed by atoms with E-state index in [0.29, 0.717) is 18.5 Å². The van der Waals surface area contributed by atoms with Crippen LogP contribution in [0.2, 0.25) is 0 Å². The Morgan fingerprint density at radius 1 is 0.846 bits per heavy atom. The molecule has 12 nitrogen and oxygen atoms in total. The summed E-state index contributed by atoms with van der Waals surface area (Å²) in [6.45, 7) is 13.5. The molecule has 1 aliphatic heterocycles. The summed E-state index contributed by atoms with van der Waals surface area (Å²) in [6.07, 6.45) is 0.897. The third kappa shape index (κ3) is 10.4. The maximum atomic E-state index is 14.1. The van der Waals surface area contributed by atoms with E-state index < -0.39 is 52.6 Å². The lowest BCUT2D eigenvalue weighted by Crippen LogP contribution is -2.58.